The lowest BCUT2D eigenvalue weighted by Crippen LogP contribution is -2.34. The summed E-state index contributed by atoms with van der Waals surface area (Å²) in [7, 11) is 3.24. The third kappa shape index (κ3) is 2.84. The van der Waals surface area contributed by atoms with Crippen molar-refractivity contribution in [2.24, 2.45) is 5.10 Å². The first-order valence-corrected chi connectivity index (χ1v) is 9.82. The molecule has 5 rings (SSSR count). The highest BCUT2D eigenvalue weighted by Gasteiger charge is 2.42. The van der Waals surface area contributed by atoms with Crippen LogP contribution in [-0.2, 0) is 0 Å². The van der Waals surface area contributed by atoms with Crippen LogP contribution in [0.4, 0.5) is 0 Å². The van der Waals surface area contributed by atoms with Crippen LogP contribution in [0.1, 0.15) is 35.4 Å². The van der Waals surface area contributed by atoms with Gasteiger partial charge in [0.05, 0.1) is 31.5 Å². The number of fused-ring (bicyclic) bond motifs is 3. The Morgan fingerprint density at radius 1 is 0.933 bits per heavy atom. The first-order valence-electron chi connectivity index (χ1n) is 9.82. The number of methoxy groups -OCH3 is 2. The number of benzene rings is 3. The maximum atomic E-state index is 10.4. The minimum Gasteiger partial charge on any atom is -0.507 e. The van der Waals surface area contributed by atoms with Gasteiger partial charge in [-0.25, -0.2) is 5.01 Å². The third-order valence-electron chi connectivity index (χ3n) is 5.61. The fourth-order valence-electron chi connectivity index (χ4n) is 4.23. The SMILES string of the molecule is COc1cccc([C@@H]2Oc3ccccc3[C@H]3CC(c4ccccc4O)=NN32)c1OC. The molecule has 6 heteroatoms. The van der Waals surface area contributed by atoms with Crippen molar-refractivity contribution in [2.75, 3.05) is 14.2 Å². The summed E-state index contributed by atoms with van der Waals surface area (Å²) in [6.45, 7) is 0. The molecule has 6 nitrogen and oxygen atoms in total. The first kappa shape index (κ1) is 18.4. The van der Waals surface area contributed by atoms with E-state index in [0.29, 0.717) is 17.9 Å². The van der Waals surface area contributed by atoms with Crippen LogP contribution in [0.15, 0.2) is 71.8 Å². The molecule has 30 heavy (non-hydrogen) atoms. The molecule has 0 radical (unpaired) electrons. The molecular formula is C24H22N2O4. The maximum absolute atomic E-state index is 10.4. The van der Waals surface area contributed by atoms with E-state index in [1.165, 1.54) is 0 Å². The highest BCUT2D eigenvalue weighted by atomic mass is 16.5. The van der Waals surface area contributed by atoms with Crippen molar-refractivity contribution in [3.63, 3.8) is 0 Å². The molecule has 152 valence electrons. The molecule has 3 aromatic carbocycles. The van der Waals surface area contributed by atoms with Crippen molar-refractivity contribution < 1.29 is 19.3 Å². The maximum Gasteiger partial charge on any atom is 0.217 e. The number of aromatic hydroxyl groups is 1. The van der Waals surface area contributed by atoms with Crippen molar-refractivity contribution in [3.05, 3.63) is 83.4 Å². The summed E-state index contributed by atoms with van der Waals surface area (Å²) in [5.74, 6) is 2.30. The number of ether oxygens (including phenoxy) is 3. The van der Waals surface area contributed by atoms with Crippen LogP contribution in [-0.4, -0.2) is 30.0 Å². The predicted octanol–water partition coefficient (Wildman–Crippen LogP) is 4.65. The molecule has 0 bridgehead atoms. The van der Waals surface area contributed by atoms with Gasteiger partial charge in [-0.1, -0.05) is 36.4 Å². The van der Waals surface area contributed by atoms with Gasteiger partial charge in [-0.15, -0.1) is 0 Å². The Morgan fingerprint density at radius 3 is 2.50 bits per heavy atom. The summed E-state index contributed by atoms with van der Waals surface area (Å²) in [6.07, 6.45) is 0.180. The highest BCUT2D eigenvalue weighted by Crippen LogP contribution is 2.50. The van der Waals surface area contributed by atoms with Crippen molar-refractivity contribution >= 4 is 5.71 Å². The molecule has 0 saturated heterocycles. The molecule has 3 aromatic rings. The molecule has 2 aliphatic heterocycles. The molecule has 0 unspecified atom stereocenters. The lowest BCUT2D eigenvalue weighted by molar-refractivity contribution is -0.0205. The number of phenolic OH excluding ortho intramolecular Hbond substituents is 1. The fraction of sp³-hybridized carbons (Fsp3) is 0.208. The van der Waals surface area contributed by atoms with E-state index >= 15 is 0 Å². The quantitative estimate of drug-likeness (QED) is 0.688. The van der Waals surface area contributed by atoms with Crippen LogP contribution in [0.3, 0.4) is 0 Å². The lowest BCUT2D eigenvalue weighted by atomic mass is 9.95. The average Bonchev–Trinajstić information content (AvgIpc) is 3.23. The van der Waals surface area contributed by atoms with Crippen LogP contribution >= 0.6 is 0 Å². The second-order valence-electron chi connectivity index (χ2n) is 7.25. The van der Waals surface area contributed by atoms with E-state index < -0.39 is 6.23 Å². The van der Waals surface area contributed by atoms with Crippen LogP contribution in [0, 0.1) is 0 Å². The average molecular weight is 402 g/mol. The van der Waals surface area contributed by atoms with Gasteiger partial charge in [0.1, 0.15) is 11.5 Å². The normalized spacial score (nSPS) is 19.4. The summed E-state index contributed by atoms with van der Waals surface area (Å²) >= 11 is 0. The zero-order chi connectivity index (χ0) is 20.7. The van der Waals surface area contributed by atoms with Crippen molar-refractivity contribution in [3.8, 4) is 23.0 Å². The number of hydrogen-bond donors (Lipinski definition) is 1. The van der Waals surface area contributed by atoms with Crippen molar-refractivity contribution in [1.82, 2.24) is 5.01 Å². The van der Waals surface area contributed by atoms with E-state index in [2.05, 4.69) is 6.07 Å². The number of phenols is 1. The summed E-state index contributed by atoms with van der Waals surface area (Å²) < 4.78 is 17.6. The van der Waals surface area contributed by atoms with Crippen LogP contribution in [0.25, 0.3) is 0 Å². The standard InChI is InChI=1S/C24H22N2O4/c1-28-22-13-7-10-17(23(22)29-2)24-26-19(16-9-4-6-12-21(16)30-24)14-18(25-26)15-8-3-5-11-20(15)27/h3-13,19,24,27H,14H2,1-2H3/t19-,24+/m1/s1. The van der Waals surface area contributed by atoms with Gasteiger partial charge in [-0.2, -0.15) is 5.10 Å². The Morgan fingerprint density at radius 2 is 1.70 bits per heavy atom. The summed E-state index contributed by atoms with van der Waals surface area (Å²) in [6, 6.07) is 21.0. The lowest BCUT2D eigenvalue weighted by Gasteiger charge is -2.38. The minimum atomic E-state index is -0.488. The van der Waals surface area contributed by atoms with Gasteiger partial charge in [0.2, 0.25) is 6.23 Å². The zero-order valence-corrected chi connectivity index (χ0v) is 16.8. The number of para-hydroxylation sites is 3. The van der Waals surface area contributed by atoms with E-state index in [9.17, 15) is 5.11 Å². The van der Waals surface area contributed by atoms with Gasteiger partial charge in [-0.05, 0) is 30.3 Å². The second kappa shape index (κ2) is 7.30. The van der Waals surface area contributed by atoms with Crippen LogP contribution < -0.4 is 14.2 Å². The van der Waals surface area contributed by atoms with Gasteiger partial charge in [0, 0.05) is 17.5 Å². The van der Waals surface area contributed by atoms with E-state index in [1.54, 1.807) is 20.3 Å². The predicted molar refractivity (Wildman–Crippen MR) is 113 cm³/mol. The summed E-state index contributed by atoms with van der Waals surface area (Å²) in [5.41, 5.74) is 3.47. The molecule has 0 amide bonds. The van der Waals surface area contributed by atoms with Crippen molar-refractivity contribution in [1.29, 1.82) is 0 Å². The molecular weight excluding hydrogens is 380 g/mol. The minimum absolute atomic E-state index is 0.00883. The molecule has 0 saturated carbocycles. The Bertz CT molecular complexity index is 1130. The van der Waals surface area contributed by atoms with Gasteiger partial charge < -0.3 is 19.3 Å². The Labute approximate surface area is 174 Å². The van der Waals surface area contributed by atoms with Gasteiger partial charge in [-0.3, -0.25) is 0 Å². The van der Waals surface area contributed by atoms with Gasteiger partial charge in [0.15, 0.2) is 11.5 Å². The van der Waals surface area contributed by atoms with E-state index in [1.807, 2.05) is 59.6 Å². The van der Waals surface area contributed by atoms with E-state index in [0.717, 1.165) is 28.2 Å². The topological polar surface area (TPSA) is 63.5 Å². The number of nitrogens with zero attached hydrogens (tertiary/aromatic N) is 2. The monoisotopic (exact) mass is 402 g/mol. The molecule has 2 heterocycles. The molecule has 0 aliphatic carbocycles. The summed E-state index contributed by atoms with van der Waals surface area (Å²) in [5, 5.41) is 17.2. The fourth-order valence-corrected chi connectivity index (χ4v) is 4.23. The molecule has 0 aromatic heterocycles. The molecule has 1 N–H and O–H groups in total. The number of hydrazone groups is 1. The largest absolute Gasteiger partial charge is 0.507 e. The van der Waals surface area contributed by atoms with Crippen LogP contribution in [0.5, 0.6) is 23.0 Å². The smallest absolute Gasteiger partial charge is 0.217 e. The first-order chi connectivity index (χ1) is 14.7. The van der Waals surface area contributed by atoms with Crippen LogP contribution in [0.2, 0.25) is 0 Å². The van der Waals surface area contributed by atoms with Crippen molar-refractivity contribution in [2.45, 2.75) is 18.7 Å². The highest BCUT2D eigenvalue weighted by molar-refractivity contribution is 6.04. The Hall–Kier alpha value is -3.67. The summed E-state index contributed by atoms with van der Waals surface area (Å²) in [4.78, 5) is 0. The Kier molecular flexibility index (Phi) is 4.47. The van der Waals surface area contributed by atoms with Gasteiger partial charge in [0.25, 0.3) is 0 Å². The second-order valence-corrected chi connectivity index (χ2v) is 7.25. The molecule has 2 atom stereocenters. The molecule has 0 fully saturated rings. The molecule has 2 aliphatic rings. The number of rotatable bonds is 4. The molecule has 0 spiro atoms. The zero-order valence-electron chi connectivity index (χ0n) is 16.8. The van der Waals surface area contributed by atoms with Gasteiger partial charge >= 0.3 is 0 Å². The van der Waals surface area contributed by atoms with E-state index in [-0.39, 0.29) is 11.8 Å². The number of hydrogen-bond acceptors (Lipinski definition) is 6. The van der Waals surface area contributed by atoms with E-state index in [4.69, 9.17) is 19.3 Å². The Balaban J connectivity index is 1.65. The third-order valence-corrected chi connectivity index (χ3v) is 5.61.